The Kier molecular flexibility index (Phi) is 5.17. The molecule has 3 rings (SSSR count). The highest BCUT2D eigenvalue weighted by Gasteiger charge is 1.98. The van der Waals surface area contributed by atoms with E-state index < -0.39 is 0 Å². The van der Waals surface area contributed by atoms with Gasteiger partial charge >= 0.3 is 0 Å². The molecule has 0 saturated heterocycles. The van der Waals surface area contributed by atoms with E-state index in [0.29, 0.717) is 6.61 Å². The molecule has 24 heavy (non-hydrogen) atoms. The number of rotatable bonds is 6. The van der Waals surface area contributed by atoms with E-state index >= 15 is 0 Å². The Morgan fingerprint density at radius 2 is 1.21 bits per heavy atom. The van der Waals surface area contributed by atoms with Gasteiger partial charge in [-0.15, -0.1) is 0 Å². The van der Waals surface area contributed by atoms with Crippen molar-refractivity contribution in [1.82, 2.24) is 0 Å². The zero-order valence-corrected chi connectivity index (χ0v) is 14.3. The lowest BCUT2D eigenvalue weighted by atomic mass is 10.1. The second-order valence-corrected chi connectivity index (χ2v) is 6.14. The molecule has 2 heteroatoms. The second-order valence-electron chi connectivity index (χ2n) is 6.14. The van der Waals surface area contributed by atoms with Gasteiger partial charge in [0.15, 0.2) is 0 Å². The highest BCUT2D eigenvalue weighted by Crippen LogP contribution is 2.16. The monoisotopic (exact) mass is 317 g/mol. The van der Waals surface area contributed by atoms with Crippen molar-refractivity contribution >= 4 is 5.69 Å². The highest BCUT2D eigenvalue weighted by molar-refractivity contribution is 5.45. The van der Waals surface area contributed by atoms with Crippen molar-refractivity contribution in [1.29, 1.82) is 0 Å². The number of benzene rings is 3. The van der Waals surface area contributed by atoms with E-state index in [1.165, 1.54) is 22.3 Å². The molecule has 0 fully saturated rings. The fourth-order valence-electron chi connectivity index (χ4n) is 2.43. The fraction of sp³-hybridized carbons (Fsp3) is 0.182. The maximum absolute atomic E-state index is 5.84. The van der Waals surface area contributed by atoms with Crippen LogP contribution in [0.3, 0.4) is 0 Å². The lowest BCUT2D eigenvalue weighted by molar-refractivity contribution is 0.306. The summed E-state index contributed by atoms with van der Waals surface area (Å²) in [5, 5.41) is 3.43. The summed E-state index contributed by atoms with van der Waals surface area (Å²) in [7, 11) is 0. The molecule has 0 bridgehead atoms. The second kappa shape index (κ2) is 7.69. The van der Waals surface area contributed by atoms with Crippen molar-refractivity contribution in [3.8, 4) is 5.75 Å². The zero-order valence-electron chi connectivity index (χ0n) is 14.3. The maximum atomic E-state index is 5.84. The molecule has 3 aromatic carbocycles. The lowest BCUT2D eigenvalue weighted by Gasteiger charge is -2.09. The van der Waals surface area contributed by atoms with E-state index in [-0.39, 0.29) is 0 Å². The first-order chi connectivity index (χ1) is 11.7. The fourth-order valence-corrected chi connectivity index (χ4v) is 2.43. The molecule has 0 saturated carbocycles. The Balaban J connectivity index is 1.51. The SMILES string of the molecule is Cc1ccc(COc2ccc(CNc3ccc(C)cc3)cc2)cc1. The molecule has 0 aliphatic rings. The predicted octanol–water partition coefficient (Wildman–Crippen LogP) is 5.49. The summed E-state index contributed by atoms with van der Waals surface area (Å²) < 4.78 is 5.84. The average molecular weight is 317 g/mol. The third kappa shape index (κ3) is 4.63. The van der Waals surface area contributed by atoms with Gasteiger partial charge in [-0.2, -0.15) is 0 Å². The summed E-state index contributed by atoms with van der Waals surface area (Å²) in [6, 6.07) is 25.1. The van der Waals surface area contributed by atoms with Crippen LogP contribution in [0.15, 0.2) is 72.8 Å². The molecule has 2 nitrogen and oxygen atoms in total. The standard InChI is InChI=1S/C22H23NO/c1-17-3-7-20(8-4-17)16-24-22-13-9-19(10-14-22)15-23-21-11-5-18(2)6-12-21/h3-14,23H,15-16H2,1-2H3. The van der Waals surface area contributed by atoms with Crippen LogP contribution in [-0.2, 0) is 13.2 Å². The summed E-state index contributed by atoms with van der Waals surface area (Å²) in [6.07, 6.45) is 0. The van der Waals surface area contributed by atoms with Crippen LogP contribution in [0.5, 0.6) is 5.75 Å². The Hall–Kier alpha value is -2.74. The van der Waals surface area contributed by atoms with Crippen molar-refractivity contribution in [2.75, 3.05) is 5.32 Å². The van der Waals surface area contributed by atoms with Crippen LogP contribution >= 0.6 is 0 Å². The van der Waals surface area contributed by atoms with Gasteiger partial charge < -0.3 is 10.1 Å². The number of hydrogen-bond acceptors (Lipinski definition) is 2. The molecule has 0 amide bonds. The van der Waals surface area contributed by atoms with E-state index in [9.17, 15) is 0 Å². The molecule has 0 atom stereocenters. The smallest absolute Gasteiger partial charge is 0.119 e. The van der Waals surface area contributed by atoms with Crippen molar-refractivity contribution < 1.29 is 4.74 Å². The van der Waals surface area contributed by atoms with Crippen molar-refractivity contribution in [3.05, 3.63) is 95.1 Å². The average Bonchev–Trinajstić information content (AvgIpc) is 2.62. The van der Waals surface area contributed by atoms with E-state index in [0.717, 1.165) is 18.0 Å². The van der Waals surface area contributed by atoms with Crippen LogP contribution in [-0.4, -0.2) is 0 Å². The molecule has 0 unspecified atom stereocenters. The van der Waals surface area contributed by atoms with Gasteiger partial charge in [-0.1, -0.05) is 59.7 Å². The number of hydrogen-bond donors (Lipinski definition) is 1. The Labute approximate surface area is 144 Å². The summed E-state index contributed by atoms with van der Waals surface area (Å²) in [6.45, 7) is 5.59. The first kappa shape index (κ1) is 16.1. The van der Waals surface area contributed by atoms with E-state index in [4.69, 9.17) is 4.74 Å². The summed E-state index contributed by atoms with van der Waals surface area (Å²) in [5.41, 5.74) is 6.10. The van der Waals surface area contributed by atoms with Gasteiger partial charge in [0.2, 0.25) is 0 Å². The van der Waals surface area contributed by atoms with Gasteiger partial charge in [-0.3, -0.25) is 0 Å². The highest BCUT2D eigenvalue weighted by atomic mass is 16.5. The molecular formula is C22H23NO. The molecule has 0 aliphatic heterocycles. The first-order valence-electron chi connectivity index (χ1n) is 8.27. The number of anilines is 1. The van der Waals surface area contributed by atoms with Gasteiger partial charge in [-0.05, 0) is 49.2 Å². The van der Waals surface area contributed by atoms with E-state index in [1.54, 1.807) is 0 Å². The molecular weight excluding hydrogens is 294 g/mol. The topological polar surface area (TPSA) is 21.3 Å². The van der Waals surface area contributed by atoms with Crippen LogP contribution in [0, 0.1) is 13.8 Å². The summed E-state index contributed by atoms with van der Waals surface area (Å²) in [4.78, 5) is 0. The molecule has 3 aromatic rings. The van der Waals surface area contributed by atoms with Crippen LogP contribution < -0.4 is 10.1 Å². The quantitative estimate of drug-likeness (QED) is 0.648. The van der Waals surface area contributed by atoms with Gasteiger partial charge in [0, 0.05) is 12.2 Å². The van der Waals surface area contributed by atoms with Crippen LogP contribution in [0.2, 0.25) is 0 Å². The number of ether oxygens (including phenoxy) is 1. The van der Waals surface area contributed by atoms with E-state index in [2.05, 4.69) is 79.8 Å². The third-order valence-corrected chi connectivity index (χ3v) is 4.00. The maximum Gasteiger partial charge on any atom is 0.119 e. The largest absolute Gasteiger partial charge is 0.489 e. The first-order valence-corrected chi connectivity index (χ1v) is 8.27. The van der Waals surface area contributed by atoms with Gasteiger partial charge in [0.1, 0.15) is 12.4 Å². The van der Waals surface area contributed by atoms with Crippen molar-refractivity contribution in [2.45, 2.75) is 27.0 Å². The molecule has 0 aliphatic carbocycles. The van der Waals surface area contributed by atoms with Gasteiger partial charge in [0.05, 0.1) is 0 Å². The predicted molar refractivity (Wildman–Crippen MR) is 100 cm³/mol. The van der Waals surface area contributed by atoms with Gasteiger partial charge in [-0.25, -0.2) is 0 Å². The minimum absolute atomic E-state index is 0.598. The molecule has 0 radical (unpaired) electrons. The van der Waals surface area contributed by atoms with Crippen LogP contribution in [0.25, 0.3) is 0 Å². The molecule has 1 N–H and O–H groups in total. The third-order valence-electron chi connectivity index (χ3n) is 4.00. The molecule has 0 aromatic heterocycles. The number of aryl methyl sites for hydroxylation is 2. The van der Waals surface area contributed by atoms with Crippen molar-refractivity contribution in [2.24, 2.45) is 0 Å². The van der Waals surface area contributed by atoms with Crippen molar-refractivity contribution in [3.63, 3.8) is 0 Å². The minimum atomic E-state index is 0.598. The van der Waals surface area contributed by atoms with Crippen LogP contribution in [0.1, 0.15) is 22.3 Å². The molecule has 122 valence electrons. The molecule has 0 heterocycles. The Bertz CT molecular complexity index is 690. The molecule has 0 spiro atoms. The normalized spacial score (nSPS) is 10.4. The lowest BCUT2D eigenvalue weighted by Crippen LogP contribution is -2.00. The van der Waals surface area contributed by atoms with Gasteiger partial charge in [0.25, 0.3) is 0 Å². The van der Waals surface area contributed by atoms with Crippen LogP contribution in [0.4, 0.5) is 5.69 Å². The Morgan fingerprint density at radius 1 is 0.667 bits per heavy atom. The number of nitrogens with one attached hydrogen (secondary N) is 1. The minimum Gasteiger partial charge on any atom is -0.489 e. The van der Waals surface area contributed by atoms with E-state index in [1.807, 2.05) is 12.1 Å². The zero-order chi connectivity index (χ0) is 16.8. The Morgan fingerprint density at radius 3 is 1.83 bits per heavy atom. The summed E-state index contributed by atoms with van der Waals surface area (Å²) >= 11 is 0. The summed E-state index contributed by atoms with van der Waals surface area (Å²) in [5.74, 6) is 0.898.